The summed E-state index contributed by atoms with van der Waals surface area (Å²) in [6.07, 6.45) is 5.98. The summed E-state index contributed by atoms with van der Waals surface area (Å²) in [5, 5.41) is 19.3. The van der Waals surface area contributed by atoms with Crippen LogP contribution in [0.5, 0.6) is 0 Å². The molecule has 1 aromatic carbocycles. The molecular formula is C19H28N4O2. The molecule has 25 heavy (non-hydrogen) atoms. The fourth-order valence-corrected chi connectivity index (χ4v) is 2.91. The lowest BCUT2D eigenvalue weighted by Gasteiger charge is -2.31. The number of anilines is 1. The first-order valence-electron chi connectivity index (χ1n) is 8.83. The molecule has 0 bridgehead atoms. The van der Waals surface area contributed by atoms with E-state index in [-0.39, 0.29) is 18.1 Å². The van der Waals surface area contributed by atoms with Crippen molar-refractivity contribution in [1.82, 2.24) is 15.1 Å². The largest absolute Gasteiger partial charge is 0.396 e. The molecule has 0 spiro atoms. The van der Waals surface area contributed by atoms with Crippen molar-refractivity contribution in [1.29, 1.82) is 0 Å². The highest BCUT2D eigenvalue weighted by molar-refractivity contribution is 5.88. The van der Waals surface area contributed by atoms with Crippen LogP contribution < -0.4 is 10.6 Å². The van der Waals surface area contributed by atoms with E-state index in [0.717, 1.165) is 18.4 Å². The van der Waals surface area contributed by atoms with Gasteiger partial charge in [-0.15, -0.1) is 0 Å². The molecule has 3 N–H and O–H groups in total. The van der Waals surface area contributed by atoms with Crippen molar-refractivity contribution < 1.29 is 9.90 Å². The van der Waals surface area contributed by atoms with Gasteiger partial charge in [-0.05, 0) is 30.2 Å². The second kappa shape index (κ2) is 9.22. The zero-order valence-corrected chi connectivity index (χ0v) is 15.0. The predicted molar refractivity (Wildman–Crippen MR) is 99.5 cm³/mol. The van der Waals surface area contributed by atoms with Crippen molar-refractivity contribution >= 4 is 11.7 Å². The van der Waals surface area contributed by atoms with E-state index in [4.69, 9.17) is 0 Å². The Labute approximate surface area is 149 Å². The molecular weight excluding hydrogens is 316 g/mol. The van der Waals surface area contributed by atoms with Crippen molar-refractivity contribution in [3.8, 4) is 0 Å². The number of aliphatic hydroxyl groups is 1. The Morgan fingerprint density at radius 3 is 2.60 bits per heavy atom. The van der Waals surface area contributed by atoms with Gasteiger partial charge in [0.15, 0.2) is 0 Å². The molecule has 0 atom stereocenters. The first-order chi connectivity index (χ1) is 12.1. The first-order valence-corrected chi connectivity index (χ1v) is 8.83. The average Bonchev–Trinajstić information content (AvgIpc) is 3.06. The Bertz CT molecular complexity index is 650. The lowest BCUT2D eigenvalue weighted by molar-refractivity contribution is 0.165. The monoisotopic (exact) mass is 344 g/mol. The van der Waals surface area contributed by atoms with E-state index in [1.54, 1.807) is 10.9 Å². The van der Waals surface area contributed by atoms with E-state index >= 15 is 0 Å². The number of aromatic nitrogens is 2. The summed E-state index contributed by atoms with van der Waals surface area (Å²) in [5.74, 6) is 0. The Balaban J connectivity index is 1.86. The Morgan fingerprint density at radius 1 is 1.24 bits per heavy atom. The minimum Gasteiger partial charge on any atom is -0.396 e. The van der Waals surface area contributed by atoms with E-state index in [1.807, 2.05) is 36.5 Å². The van der Waals surface area contributed by atoms with Crippen LogP contribution >= 0.6 is 0 Å². The number of rotatable bonds is 9. The van der Waals surface area contributed by atoms with Gasteiger partial charge in [-0.1, -0.05) is 44.2 Å². The van der Waals surface area contributed by atoms with Crippen LogP contribution in [-0.4, -0.2) is 34.1 Å². The Kier molecular flexibility index (Phi) is 7.01. The van der Waals surface area contributed by atoms with Crippen molar-refractivity contribution in [3.63, 3.8) is 0 Å². The molecule has 2 rings (SSSR count). The molecule has 1 aromatic heterocycles. The van der Waals surface area contributed by atoms with Crippen LogP contribution in [-0.2, 0) is 6.54 Å². The third-order valence-electron chi connectivity index (χ3n) is 4.84. The first kappa shape index (κ1) is 19.0. The van der Waals surface area contributed by atoms with Crippen LogP contribution in [0.15, 0.2) is 42.7 Å². The van der Waals surface area contributed by atoms with Crippen molar-refractivity contribution in [3.05, 3.63) is 48.3 Å². The fourth-order valence-electron chi connectivity index (χ4n) is 2.91. The third kappa shape index (κ3) is 5.60. The van der Waals surface area contributed by atoms with Crippen molar-refractivity contribution in [2.45, 2.75) is 39.7 Å². The number of benzene rings is 1. The lowest BCUT2D eigenvalue weighted by atomic mass is 9.79. The van der Waals surface area contributed by atoms with Gasteiger partial charge < -0.3 is 15.7 Å². The maximum atomic E-state index is 12.1. The number of carbonyl (C=O) groups excluding carboxylic acids is 1. The van der Waals surface area contributed by atoms with Crippen LogP contribution in [0.4, 0.5) is 10.5 Å². The maximum Gasteiger partial charge on any atom is 0.319 e. The van der Waals surface area contributed by atoms with Gasteiger partial charge >= 0.3 is 6.03 Å². The molecule has 0 saturated carbocycles. The number of amides is 2. The highest BCUT2D eigenvalue weighted by Gasteiger charge is 2.26. The van der Waals surface area contributed by atoms with E-state index in [9.17, 15) is 9.90 Å². The number of aliphatic hydroxyl groups excluding tert-OH is 1. The molecule has 136 valence electrons. The molecule has 0 aliphatic carbocycles. The number of hydrogen-bond donors (Lipinski definition) is 3. The number of nitrogens with zero attached hydrogens (tertiary/aromatic N) is 2. The summed E-state index contributed by atoms with van der Waals surface area (Å²) in [6.45, 7) is 5.52. The van der Waals surface area contributed by atoms with Crippen molar-refractivity contribution in [2.75, 3.05) is 18.5 Å². The van der Waals surface area contributed by atoms with Crippen LogP contribution in [0, 0.1) is 5.41 Å². The molecule has 0 radical (unpaired) electrons. The van der Waals surface area contributed by atoms with Gasteiger partial charge in [0.2, 0.25) is 0 Å². The smallest absolute Gasteiger partial charge is 0.319 e. The van der Waals surface area contributed by atoms with Crippen LogP contribution in [0.25, 0.3) is 0 Å². The van der Waals surface area contributed by atoms with Gasteiger partial charge in [-0.25, -0.2) is 4.79 Å². The summed E-state index contributed by atoms with van der Waals surface area (Å²) in [7, 11) is 0. The SMILES string of the molecule is CCC(CC)(CCO)CNC(=O)Nc1cnn(Cc2ccccc2)c1. The second-order valence-corrected chi connectivity index (χ2v) is 6.40. The van der Waals surface area contributed by atoms with E-state index in [1.165, 1.54) is 0 Å². The Morgan fingerprint density at radius 2 is 1.96 bits per heavy atom. The van der Waals surface area contributed by atoms with Gasteiger partial charge in [0, 0.05) is 19.3 Å². The third-order valence-corrected chi connectivity index (χ3v) is 4.84. The second-order valence-electron chi connectivity index (χ2n) is 6.40. The van der Waals surface area contributed by atoms with Crippen LogP contribution in [0.2, 0.25) is 0 Å². The summed E-state index contributed by atoms with van der Waals surface area (Å²) < 4.78 is 1.79. The summed E-state index contributed by atoms with van der Waals surface area (Å²) >= 11 is 0. The quantitative estimate of drug-likeness (QED) is 0.653. The molecule has 0 aliphatic heterocycles. The Hall–Kier alpha value is -2.34. The number of nitrogens with one attached hydrogen (secondary N) is 2. The molecule has 2 amide bonds. The van der Waals surface area contributed by atoms with Gasteiger partial charge in [0.25, 0.3) is 0 Å². The molecule has 0 saturated heterocycles. The van der Waals surface area contributed by atoms with E-state index in [0.29, 0.717) is 25.2 Å². The molecule has 1 heterocycles. The van der Waals surface area contributed by atoms with Gasteiger partial charge in [-0.3, -0.25) is 4.68 Å². The van der Waals surface area contributed by atoms with E-state index < -0.39 is 0 Å². The number of carbonyl (C=O) groups is 1. The van der Waals surface area contributed by atoms with Crippen molar-refractivity contribution in [2.24, 2.45) is 5.41 Å². The average molecular weight is 344 g/mol. The van der Waals surface area contributed by atoms with Gasteiger partial charge in [0.1, 0.15) is 0 Å². The maximum absolute atomic E-state index is 12.1. The normalized spacial score (nSPS) is 11.3. The minimum atomic E-state index is -0.247. The van der Waals surface area contributed by atoms with E-state index in [2.05, 4.69) is 29.6 Å². The van der Waals surface area contributed by atoms with Crippen LogP contribution in [0.3, 0.4) is 0 Å². The number of urea groups is 1. The minimum absolute atomic E-state index is 0.0520. The summed E-state index contributed by atoms with van der Waals surface area (Å²) in [5.41, 5.74) is 1.76. The lowest BCUT2D eigenvalue weighted by Crippen LogP contribution is -2.39. The summed E-state index contributed by atoms with van der Waals surface area (Å²) in [6, 6.07) is 9.79. The predicted octanol–water partition coefficient (Wildman–Crippen LogP) is 3.24. The molecule has 6 nitrogen and oxygen atoms in total. The highest BCUT2D eigenvalue weighted by Crippen LogP contribution is 2.29. The molecule has 6 heteroatoms. The topological polar surface area (TPSA) is 79.2 Å². The zero-order valence-electron chi connectivity index (χ0n) is 15.0. The van der Waals surface area contributed by atoms with Crippen LogP contribution in [0.1, 0.15) is 38.7 Å². The van der Waals surface area contributed by atoms with Gasteiger partial charge in [-0.2, -0.15) is 5.10 Å². The molecule has 0 fully saturated rings. The molecule has 0 unspecified atom stereocenters. The molecule has 0 aliphatic rings. The summed E-state index contributed by atoms with van der Waals surface area (Å²) in [4.78, 5) is 12.1. The molecule has 2 aromatic rings. The number of hydrogen-bond acceptors (Lipinski definition) is 3. The van der Waals surface area contributed by atoms with Gasteiger partial charge in [0.05, 0.1) is 18.4 Å². The zero-order chi connectivity index (χ0) is 18.1. The standard InChI is InChI=1S/C19H28N4O2/c1-3-19(4-2,10-11-24)15-20-18(25)22-17-12-21-23(14-17)13-16-8-6-5-7-9-16/h5-9,12,14,24H,3-4,10-11,13,15H2,1-2H3,(H2,20,22,25). The fraction of sp³-hybridized carbons (Fsp3) is 0.474. The highest BCUT2D eigenvalue weighted by atomic mass is 16.3.